The molecule has 0 aromatic heterocycles. The molecule has 7 nitrogen and oxygen atoms in total. The third-order valence-electron chi connectivity index (χ3n) is 3.01. The van der Waals surface area contributed by atoms with E-state index in [4.69, 9.17) is 25.4 Å². The Labute approximate surface area is 106 Å². The van der Waals surface area contributed by atoms with Crippen molar-refractivity contribution in [2.24, 2.45) is 5.73 Å². The highest BCUT2D eigenvalue weighted by Crippen LogP contribution is 2.20. The highest BCUT2D eigenvalue weighted by atomic mass is 16.7. The van der Waals surface area contributed by atoms with E-state index in [1.54, 1.807) is 0 Å². The zero-order valence-corrected chi connectivity index (χ0v) is 10.3. The third-order valence-corrected chi connectivity index (χ3v) is 3.01. The molecule has 0 amide bonds. The fraction of sp³-hybridized carbons (Fsp3) is 1.00. The summed E-state index contributed by atoms with van der Waals surface area (Å²) in [6.07, 6.45) is -1.83. The van der Waals surface area contributed by atoms with Crippen LogP contribution in [0.1, 0.15) is 19.3 Å². The number of aliphatic hydroxyl groups excluding tert-OH is 4. The molecule has 1 rings (SSSR count). The van der Waals surface area contributed by atoms with Gasteiger partial charge in [-0.05, 0) is 19.3 Å². The van der Waals surface area contributed by atoms with Crippen LogP contribution in [0.3, 0.4) is 0 Å². The van der Waals surface area contributed by atoms with Gasteiger partial charge in [-0.25, -0.2) is 0 Å². The summed E-state index contributed by atoms with van der Waals surface area (Å²) in [6.45, 7) is 0.131. The predicted molar refractivity (Wildman–Crippen MR) is 62.6 cm³/mol. The fourth-order valence-corrected chi connectivity index (χ4v) is 1.84. The maximum Gasteiger partial charge on any atom is 0.175 e. The first kappa shape index (κ1) is 15.8. The molecule has 18 heavy (non-hydrogen) atoms. The Bertz CT molecular complexity index is 228. The van der Waals surface area contributed by atoms with Crippen LogP contribution in [0, 0.1) is 0 Å². The summed E-state index contributed by atoms with van der Waals surface area (Å²) >= 11 is 0. The largest absolute Gasteiger partial charge is 0.396 e. The Morgan fingerprint density at radius 1 is 1.06 bits per heavy atom. The van der Waals surface area contributed by atoms with E-state index in [1.165, 1.54) is 0 Å². The van der Waals surface area contributed by atoms with Crippen molar-refractivity contribution in [1.82, 2.24) is 0 Å². The monoisotopic (exact) mass is 265 g/mol. The van der Waals surface area contributed by atoms with Crippen molar-refractivity contribution in [2.45, 2.75) is 49.9 Å². The minimum absolute atomic E-state index is 0.150. The van der Waals surface area contributed by atoms with E-state index in [0.29, 0.717) is 13.0 Å². The third kappa shape index (κ3) is 4.13. The van der Waals surface area contributed by atoms with Gasteiger partial charge < -0.3 is 35.6 Å². The summed E-state index contributed by atoms with van der Waals surface area (Å²) in [7, 11) is 0. The van der Waals surface area contributed by atoms with Gasteiger partial charge in [0, 0.05) is 13.2 Å². The molecule has 0 aromatic carbocycles. The van der Waals surface area contributed by atoms with Crippen molar-refractivity contribution >= 4 is 0 Å². The maximum atomic E-state index is 9.68. The molecule has 1 aliphatic rings. The number of unbranched alkanes of at least 4 members (excludes halogenated alkanes) is 2. The van der Waals surface area contributed by atoms with Crippen molar-refractivity contribution in [2.75, 3.05) is 19.8 Å². The van der Waals surface area contributed by atoms with E-state index in [2.05, 4.69) is 0 Å². The molecular formula is C11H23NO6. The molecule has 0 aromatic rings. The molecule has 5 unspecified atom stereocenters. The Morgan fingerprint density at radius 2 is 1.78 bits per heavy atom. The number of aliphatic hydroxyl groups is 4. The standard InChI is InChI=1S/C11H23NO6/c12-8-10(16)9(15)7(6-14)18-11(8)17-5-3-1-2-4-13/h7-11,13-16H,1-6,12H2. The first-order valence-corrected chi connectivity index (χ1v) is 6.22. The second-order valence-corrected chi connectivity index (χ2v) is 4.44. The highest BCUT2D eigenvalue weighted by Gasteiger charge is 2.42. The summed E-state index contributed by atoms with van der Waals surface area (Å²) in [5.74, 6) is 0. The van der Waals surface area contributed by atoms with E-state index in [0.717, 1.165) is 12.8 Å². The molecule has 0 saturated carbocycles. The summed E-state index contributed by atoms with van der Waals surface area (Å²) < 4.78 is 10.7. The number of hydrogen-bond donors (Lipinski definition) is 5. The normalized spacial score (nSPS) is 36.8. The van der Waals surface area contributed by atoms with Gasteiger partial charge in [0.25, 0.3) is 0 Å². The second kappa shape index (κ2) is 8.00. The minimum atomic E-state index is -1.21. The predicted octanol–water partition coefficient (Wildman–Crippen LogP) is -2.07. The zero-order valence-electron chi connectivity index (χ0n) is 10.3. The first-order chi connectivity index (χ1) is 8.61. The van der Waals surface area contributed by atoms with Crippen LogP contribution >= 0.6 is 0 Å². The molecule has 1 fully saturated rings. The van der Waals surface area contributed by atoms with Crippen molar-refractivity contribution in [3.05, 3.63) is 0 Å². The molecule has 0 aliphatic carbocycles. The number of ether oxygens (including phenoxy) is 2. The van der Waals surface area contributed by atoms with Gasteiger partial charge in [0.05, 0.1) is 12.6 Å². The molecule has 1 heterocycles. The topological polar surface area (TPSA) is 125 Å². The van der Waals surface area contributed by atoms with Crippen LogP contribution in [-0.4, -0.2) is 70.9 Å². The number of hydrogen-bond acceptors (Lipinski definition) is 7. The first-order valence-electron chi connectivity index (χ1n) is 6.22. The lowest BCUT2D eigenvalue weighted by Crippen LogP contribution is -2.62. The summed E-state index contributed by atoms with van der Waals surface area (Å²) in [5.41, 5.74) is 5.69. The lowest BCUT2D eigenvalue weighted by molar-refractivity contribution is -0.265. The number of rotatable bonds is 7. The van der Waals surface area contributed by atoms with Crippen molar-refractivity contribution in [1.29, 1.82) is 0 Å². The SMILES string of the molecule is NC1C(OCCCCCO)OC(CO)C(O)C1O. The average Bonchev–Trinajstić information content (AvgIpc) is 2.38. The molecule has 1 aliphatic heterocycles. The average molecular weight is 265 g/mol. The van der Waals surface area contributed by atoms with Crippen LogP contribution in [0.2, 0.25) is 0 Å². The zero-order chi connectivity index (χ0) is 13.5. The molecular weight excluding hydrogens is 242 g/mol. The van der Waals surface area contributed by atoms with Gasteiger partial charge in [-0.2, -0.15) is 0 Å². The van der Waals surface area contributed by atoms with E-state index in [9.17, 15) is 10.2 Å². The molecule has 6 N–H and O–H groups in total. The summed E-state index contributed by atoms with van der Waals surface area (Å²) in [4.78, 5) is 0. The van der Waals surface area contributed by atoms with Gasteiger partial charge in [0.15, 0.2) is 6.29 Å². The molecule has 108 valence electrons. The van der Waals surface area contributed by atoms with Crippen LogP contribution in [0.5, 0.6) is 0 Å². The van der Waals surface area contributed by atoms with Crippen molar-refractivity contribution in [3.63, 3.8) is 0 Å². The smallest absolute Gasteiger partial charge is 0.175 e. The Hall–Kier alpha value is -0.280. The van der Waals surface area contributed by atoms with Gasteiger partial charge in [0.2, 0.25) is 0 Å². The molecule has 5 atom stereocenters. The lowest BCUT2D eigenvalue weighted by Gasteiger charge is -2.40. The Kier molecular flexibility index (Phi) is 7.02. The second-order valence-electron chi connectivity index (χ2n) is 4.44. The van der Waals surface area contributed by atoms with Crippen LogP contribution in [0.4, 0.5) is 0 Å². The van der Waals surface area contributed by atoms with Gasteiger partial charge in [-0.1, -0.05) is 0 Å². The molecule has 0 spiro atoms. The number of nitrogens with two attached hydrogens (primary N) is 1. The van der Waals surface area contributed by atoms with Crippen LogP contribution in [0.15, 0.2) is 0 Å². The van der Waals surface area contributed by atoms with Crippen LogP contribution < -0.4 is 5.73 Å². The van der Waals surface area contributed by atoms with E-state index < -0.39 is 37.3 Å². The van der Waals surface area contributed by atoms with Gasteiger partial charge in [-0.3, -0.25) is 0 Å². The molecule has 0 bridgehead atoms. The summed E-state index contributed by atoms with van der Waals surface area (Å²) in [5, 5.41) is 36.9. The van der Waals surface area contributed by atoms with E-state index >= 15 is 0 Å². The highest BCUT2D eigenvalue weighted by molar-refractivity contribution is 4.91. The molecule has 7 heteroatoms. The fourth-order valence-electron chi connectivity index (χ4n) is 1.84. The van der Waals surface area contributed by atoms with Crippen molar-refractivity contribution in [3.8, 4) is 0 Å². The van der Waals surface area contributed by atoms with E-state index in [1.807, 2.05) is 0 Å². The van der Waals surface area contributed by atoms with Gasteiger partial charge in [0.1, 0.15) is 18.3 Å². The maximum absolute atomic E-state index is 9.68. The molecule has 0 radical (unpaired) electrons. The summed E-state index contributed by atoms with van der Waals surface area (Å²) in [6, 6.07) is -0.847. The minimum Gasteiger partial charge on any atom is -0.396 e. The van der Waals surface area contributed by atoms with Gasteiger partial charge >= 0.3 is 0 Å². The lowest BCUT2D eigenvalue weighted by atomic mass is 9.98. The van der Waals surface area contributed by atoms with Crippen LogP contribution in [-0.2, 0) is 9.47 Å². The van der Waals surface area contributed by atoms with Crippen molar-refractivity contribution < 1.29 is 29.9 Å². The Morgan fingerprint density at radius 3 is 2.39 bits per heavy atom. The van der Waals surface area contributed by atoms with E-state index in [-0.39, 0.29) is 6.61 Å². The Balaban J connectivity index is 2.35. The van der Waals surface area contributed by atoms with Crippen LogP contribution in [0.25, 0.3) is 0 Å². The quantitative estimate of drug-likeness (QED) is 0.335. The van der Waals surface area contributed by atoms with Gasteiger partial charge in [-0.15, -0.1) is 0 Å². The molecule has 1 saturated heterocycles.